The molecule has 5 nitrogen and oxygen atoms in total. The Balaban J connectivity index is 2.28. The first-order chi connectivity index (χ1) is 8.27. The molecule has 1 N–H and O–H groups in total. The van der Waals surface area contributed by atoms with Crippen LogP contribution in [0.4, 0.5) is 0 Å². The van der Waals surface area contributed by atoms with Crippen LogP contribution in [0.25, 0.3) is 22.3 Å². The molecule has 0 fully saturated rings. The van der Waals surface area contributed by atoms with Crippen molar-refractivity contribution >= 4 is 16.9 Å². The lowest BCUT2D eigenvalue weighted by Gasteiger charge is -1.94. The largest absolute Gasteiger partial charge is 0.476 e. The number of benzene rings is 1. The van der Waals surface area contributed by atoms with Crippen LogP contribution in [-0.4, -0.2) is 16.1 Å². The van der Waals surface area contributed by atoms with Gasteiger partial charge in [0.15, 0.2) is 17.8 Å². The van der Waals surface area contributed by atoms with Crippen LogP contribution in [-0.2, 0) is 0 Å². The lowest BCUT2D eigenvalue weighted by Crippen LogP contribution is -1.98. The van der Waals surface area contributed by atoms with Gasteiger partial charge in [0, 0.05) is 5.39 Å². The summed E-state index contributed by atoms with van der Waals surface area (Å²) in [5.41, 5.74) is 1.15. The van der Waals surface area contributed by atoms with Crippen molar-refractivity contribution in [2.24, 2.45) is 0 Å². The van der Waals surface area contributed by atoms with Gasteiger partial charge >= 0.3 is 5.97 Å². The van der Waals surface area contributed by atoms with E-state index in [4.69, 9.17) is 13.9 Å². The van der Waals surface area contributed by atoms with Crippen molar-refractivity contribution in [3.05, 3.63) is 42.6 Å². The molecule has 0 radical (unpaired) electrons. The van der Waals surface area contributed by atoms with E-state index >= 15 is 0 Å². The van der Waals surface area contributed by atoms with Gasteiger partial charge in [0.2, 0.25) is 0 Å². The van der Waals surface area contributed by atoms with Gasteiger partial charge in [-0.15, -0.1) is 0 Å². The number of carboxylic acids is 1. The minimum absolute atomic E-state index is 0.114. The minimum atomic E-state index is -1.13. The van der Waals surface area contributed by atoms with E-state index in [2.05, 4.69) is 4.98 Å². The summed E-state index contributed by atoms with van der Waals surface area (Å²) in [7, 11) is 0. The maximum atomic E-state index is 11.0. The Kier molecular flexibility index (Phi) is 1.98. The van der Waals surface area contributed by atoms with E-state index < -0.39 is 5.97 Å². The van der Waals surface area contributed by atoms with E-state index in [-0.39, 0.29) is 11.5 Å². The molecule has 0 spiro atoms. The molecule has 0 saturated carbocycles. The second-order valence-electron chi connectivity index (χ2n) is 3.48. The van der Waals surface area contributed by atoms with Crippen LogP contribution in [0.2, 0.25) is 0 Å². The number of fused-ring (bicyclic) bond motifs is 1. The SMILES string of the molecule is O=C(O)c1ncoc1-c1coc2ccccc12. The van der Waals surface area contributed by atoms with E-state index in [1.54, 1.807) is 6.07 Å². The first-order valence-corrected chi connectivity index (χ1v) is 4.91. The lowest BCUT2D eigenvalue weighted by atomic mass is 10.1. The Morgan fingerprint density at radius 1 is 1.24 bits per heavy atom. The highest BCUT2D eigenvalue weighted by Gasteiger charge is 2.20. The molecule has 0 atom stereocenters. The molecule has 0 unspecified atom stereocenters. The number of hydrogen-bond donors (Lipinski definition) is 1. The summed E-state index contributed by atoms with van der Waals surface area (Å²) in [5.74, 6) is -0.915. The summed E-state index contributed by atoms with van der Waals surface area (Å²) >= 11 is 0. The van der Waals surface area contributed by atoms with Crippen molar-refractivity contribution in [3.63, 3.8) is 0 Å². The first-order valence-electron chi connectivity index (χ1n) is 4.91. The fraction of sp³-hybridized carbons (Fsp3) is 0. The van der Waals surface area contributed by atoms with Gasteiger partial charge in [-0.05, 0) is 6.07 Å². The summed E-state index contributed by atoms with van der Waals surface area (Å²) in [5, 5.41) is 9.77. The molecule has 1 aromatic carbocycles. The smallest absolute Gasteiger partial charge is 0.358 e. The molecule has 5 heteroatoms. The predicted octanol–water partition coefficient (Wildman–Crippen LogP) is 2.79. The van der Waals surface area contributed by atoms with Gasteiger partial charge in [-0.1, -0.05) is 18.2 Å². The van der Waals surface area contributed by atoms with Gasteiger partial charge in [-0.2, -0.15) is 0 Å². The average molecular weight is 229 g/mol. The van der Waals surface area contributed by atoms with Crippen LogP contribution in [0, 0.1) is 0 Å². The van der Waals surface area contributed by atoms with E-state index in [9.17, 15) is 4.79 Å². The van der Waals surface area contributed by atoms with E-state index in [1.807, 2.05) is 18.2 Å². The summed E-state index contributed by atoms with van der Waals surface area (Å²) < 4.78 is 10.5. The van der Waals surface area contributed by atoms with Crippen molar-refractivity contribution in [2.45, 2.75) is 0 Å². The van der Waals surface area contributed by atoms with Crippen LogP contribution in [0.3, 0.4) is 0 Å². The molecule has 0 saturated heterocycles. The molecule has 0 aliphatic heterocycles. The zero-order chi connectivity index (χ0) is 11.8. The number of oxazole rings is 1. The molecule has 2 heterocycles. The zero-order valence-corrected chi connectivity index (χ0v) is 8.58. The molecule has 3 aromatic rings. The fourth-order valence-electron chi connectivity index (χ4n) is 1.74. The van der Waals surface area contributed by atoms with Crippen molar-refractivity contribution in [1.82, 2.24) is 4.98 Å². The van der Waals surface area contributed by atoms with Gasteiger partial charge in [0.25, 0.3) is 0 Å². The molecule has 0 aliphatic carbocycles. The summed E-state index contributed by atoms with van der Waals surface area (Å²) in [6.45, 7) is 0. The molecule has 3 rings (SSSR count). The number of para-hydroxylation sites is 1. The first kappa shape index (κ1) is 9.65. The molecular weight excluding hydrogens is 222 g/mol. The third kappa shape index (κ3) is 1.40. The van der Waals surface area contributed by atoms with E-state index in [1.165, 1.54) is 6.26 Å². The minimum Gasteiger partial charge on any atom is -0.476 e. The van der Waals surface area contributed by atoms with Crippen molar-refractivity contribution in [2.75, 3.05) is 0 Å². The maximum Gasteiger partial charge on any atom is 0.358 e. The highest BCUT2D eigenvalue weighted by atomic mass is 16.4. The van der Waals surface area contributed by atoms with Crippen LogP contribution in [0.1, 0.15) is 10.5 Å². The van der Waals surface area contributed by atoms with E-state index in [0.717, 1.165) is 11.8 Å². The van der Waals surface area contributed by atoms with Gasteiger partial charge in [-0.3, -0.25) is 0 Å². The second kappa shape index (κ2) is 3.48. The number of rotatable bonds is 2. The van der Waals surface area contributed by atoms with Gasteiger partial charge in [-0.25, -0.2) is 9.78 Å². The molecule has 2 aromatic heterocycles. The zero-order valence-electron chi connectivity index (χ0n) is 8.58. The third-order valence-electron chi connectivity index (χ3n) is 2.50. The van der Waals surface area contributed by atoms with Crippen LogP contribution in [0.5, 0.6) is 0 Å². The van der Waals surface area contributed by atoms with Gasteiger partial charge in [0.05, 0.1) is 5.56 Å². The topological polar surface area (TPSA) is 76.5 Å². The molecule has 0 bridgehead atoms. The van der Waals surface area contributed by atoms with Gasteiger partial charge < -0.3 is 13.9 Å². The standard InChI is InChI=1S/C12H7NO4/c14-12(15)10-11(17-6-13-10)8-5-16-9-4-2-1-3-7(8)9/h1-6H,(H,14,15). The number of carboxylic acid groups (broad SMARTS) is 1. The molecular formula is C12H7NO4. The Morgan fingerprint density at radius 2 is 2.06 bits per heavy atom. The Hall–Kier alpha value is -2.56. The highest BCUT2D eigenvalue weighted by Crippen LogP contribution is 2.32. The average Bonchev–Trinajstić information content (AvgIpc) is 2.94. The number of furan rings is 1. The van der Waals surface area contributed by atoms with Crippen molar-refractivity contribution in [3.8, 4) is 11.3 Å². The number of aromatic nitrogens is 1. The summed E-state index contributed by atoms with van der Waals surface area (Å²) in [4.78, 5) is 14.6. The number of carbonyl (C=O) groups is 1. The Labute approximate surface area is 95.3 Å². The molecule has 17 heavy (non-hydrogen) atoms. The van der Waals surface area contributed by atoms with Crippen molar-refractivity contribution in [1.29, 1.82) is 0 Å². The lowest BCUT2D eigenvalue weighted by molar-refractivity contribution is 0.0691. The van der Waals surface area contributed by atoms with Crippen LogP contribution in [0.15, 0.2) is 45.8 Å². The quantitative estimate of drug-likeness (QED) is 0.731. The Bertz CT molecular complexity index is 695. The van der Waals surface area contributed by atoms with Crippen molar-refractivity contribution < 1.29 is 18.7 Å². The predicted molar refractivity (Wildman–Crippen MR) is 58.7 cm³/mol. The fourth-order valence-corrected chi connectivity index (χ4v) is 1.74. The highest BCUT2D eigenvalue weighted by molar-refractivity contribution is 5.99. The monoisotopic (exact) mass is 229 g/mol. The van der Waals surface area contributed by atoms with E-state index in [0.29, 0.717) is 11.1 Å². The number of nitrogens with zero attached hydrogens (tertiary/aromatic N) is 1. The molecule has 84 valence electrons. The second-order valence-corrected chi connectivity index (χ2v) is 3.48. The normalized spacial score (nSPS) is 10.8. The third-order valence-corrected chi connectivity index (χ3v) is 2.50. The van der Waals surface area contributed by atoms with Gasteiger partial charge in [0.1, 0.15) is 11.8 Å². The molecule has 0 aliphatic rings. The summed E-state index contributed by atoms with van der Waals surface area (Å²) in [6, 6.07) is 7.32. The Morgan fingerprint density at radius 3 is 2.88 bits per heavy atom. The number of aromatic carboxylic acids is 1. The summed E-state index contributed by atoms with van der Waals surface area (Å²) in [6.07, 6.45) is 2.58. The van der Waals surface area contributed by atoms with Crippen LogP contribution < -0.4 is 0 Å². The molecule has 0 amide bonds. The number of hydrogen-bond acceptors (Lipinski definition) is 4. The van der Waals surface area contributed by atoms with Crippen LogP contribution >= 0.6 is 0 Å². The maximum absolute atomic E-state index is 11.0.